The number of amides is 4. The number of carbonyl (C=O) groups is 3. The van der Waals surface area contributed by atoms with Gasteiger partial charge in [0.05, 0.1) is 5.69 Å². The summed E-state index contributed by atoms with van der Waals surface area (Å²) >= 11 is 0. The number of fused-ring (bicyclic) bond motifs is 1. The zero-order valence-corrected chi connectivity index (χ0v) is 16.8. The van der Waals surface area contributed by atoms with E-state index in [1.54, 1.807) is 12.1 Å². The second-order valence-corrected chi connectivity index (χ2v) is 6.88. The standard InChI is InChI=1S/C22H26N4O3/c1-3-25(4-2)14-8-13-23-15-18-20(27)24-22(29)26(21(18)28)19-12-7-10-16-9-5-6-11-17(16)19/h5-7,9-12,15,18H,3-4,8,13-14H2,1-2H3,(H,24,27,29). The van der Waals surface area contributed by atoms with Crippen LogP contribution in [0.1, 0.15) is 20.3 Å². The number of benzene rings is 2. The Morgan fingerprint density at radius 1 is 1.07 bits per heavy atom. The van der Waals surface area contributed by atoms with E-state index in [2.05, 4.69) is 29.1 Å². The largest absolute Gasteiger partial charge is 0.335 e. The Balaban J connectivity index is 1.77. The van der Waals surface area contributed by atoms with Crippen molar-refractivity contribution in [3.63, 3.8) is 0 Å². The molecule has 29 heavy (non-hydrogen) atoms. The van der Waals surface area contributed by atoms with Crippen LogP contribution >= 0.6 is 0 Å². The molecule has 3 rings (SSSR count). The van der Waals surface area contributed by atoms with Gasteiger partial charge in [-0.1, -0.05) is 50.2 Å². The number of barbiturate groups is 1. The molecule has 0 spiro atoms. The fraction of sp³-hybridized carbons (Fsp3) is 0.364. The minimum atomic E-state index is -1.11. The van der Waals surface area contributed by atoms with Crippen LogP contribution in [-0.2, 0) is 9.59 Å². The van der Waals surface area contributed by atoms with Gasteiger partial charge in [-0.05, 0) is 37.5 Å². The first-order valence-corrected chi connectivity index (χ1v) is 9.95. The average Bonchev–Trinajstić information content (AvgIpc) is 2.72. The maximum atomic E-state index is 13.0. The van der Waals surface area contributed by atoms with Crippen LogP contribution < -0.4 is 10.2 Å². The molecule has 0 bridgehead atoms. The molecular weight excluding hydrogens is 368 g/mol. The van der Waals surface area contributed by atoms with Gasteiger partial charge in [-0.2, -0.15) is 0 Å². The van der Waals surface area contributed by atoms with Gasteiger partial charge in [0, 0.05) is 18.1 Å². The van der Waals surface area contributed by atoms with Gasteiger partial charge in [-0.25, -0.2) is 9.69 Å². The lowest BCUT2D eigenvalue weighted by atomic mass is 10.0. The lowest BCUT2D eigenvalue weighted by Gasteiger charge is -2.29. The molecule has 4 amide bonds. The number of imide groups is 2. The SMILES string of the molecule is CCN(CC)CCCN=CC1C(=O)NC(=O)N(c2cccc3ccccc23)C1=O. The first-order chi connectivity index (χ1) is 14.1. The number of urea groups is 1. The van der Waals surface area contributed by atoms with E-state index >= 15 is 0 Å². The number of nitrogens with one attached hydrogen (secondary N) is 1. The van der Waals surface area contributed by atoms with Gasteiger partial charge in [0.1, 0.15) is 0 Å². The summed E-state index contributed by atoms with van der Waals surface area (Å²) in [5.74, 6) is -2.33. The molecule has 1 saturated heterocycles. The van der Waals surface area contributed by atoms with Crippen LogP contribution in [-0.4, -0.2) is 55.1 Å². The van der Waals surface area contributed by atoms with Crippen molar-refractivity contribution in [2.45, 2.75) is 20.3 Å². The molecule has 0 aliphatic carbocycles. The van der Waals surface area contributed by atoms with Crippen LogP contribution in [0.15, 0.2) is 47.5 Å². The smallest absolute Gasteiger partial charge is 0.304 e. The van der Waals surface area contributed by atoms with E-state index in [-0.39, 0.29) is 0 Å². The summed E-state index contributed by atoms with van der Waals surface area (Å²) in [6, 6.07) is 12.1. The first kappa shape index (κ1) is 20.7. The second-order valence-electron chi connectivity index (χ2n) is 6.88. The number of hydrogen-bond acceptors (Lipinski definition) is 5. The van der Waals surface area contributed by atoms with E-state index < -0.39 is 23.8 Å². The second kappa shape index (κ2) is 9.43. The fourth-order valence-electron chi connectivity index (χ4n) is 3.46. The summed E-state index contributed by atoms with van der Waals surface area (Å²) in [7, 11) is 0. The highest BCUT2D eigenvalue weighted by Gasteiger charge is 2.40. The molecule has 0 aromatic heterocycles. The van der Waals surface area contributed by atoms with E-state index in [4.69, 9.17) is 0 Å². The Morgan fingerprint density at radius 2 is 1.79 bits per heavy atom. The number of rotatable bonds is 8. The minimum Gasteiger partial charge on any atom is -0.304 e. The van der Waals surface area contributed by atoms with Gasteiger partial charge in [0.25, 0.3) is 5.91 Å². The number of hydrogen-bond donors (Lipinski definition) is 1. The Kier molecular flexibility index (Phi) is 6.72. The molecule has 1 aliphatic rings. The highest BCUT2D eigenvalue weighted by molar-refractivity contribution is 6.33. The quantitative estimate of drug-likeness (QED) is 0.424. The van der Waals surface area contributed by atoms with Crippen molar-refractivity contribution in [2.24, 2.45) is 10.9 Å². The predicted molar refractivity (Wildman–Crippen MR) is 114 cm³/mol. The van der Waals surface area contributed by atoms with Crippen LogP contribution in [0.2, 0.25) is 0 Å². The lowest BCUT2D eigenvalue weighted by Crippen LogP contribution is -2.58. The van der Waals surface area contributed by atoms with E-state index in [0.29, 0.717) is 12.2 Å². The Morgan fingerprint density at radius 3 is 2.55 bits per heavy atom. The molecule has 1 atom stereocenters. The van der Waals surface area contributed by atoms with Crippen molar-refractivity contribution in [2.75, 3.05) is 31.1 Å². The zero-order chi connectivity index (χ0) is 20.8. The normalized spacial score (nSPS) is 17.6. The maximum absolute atomic E-state index is 13.0. The molecule has 0 radical (unpaired) electrons. The summed E-state index contributed by atoms with van der Waals surface area (Å²) in [5, 5.41) is 3.95. The van der Waals surface area contributed by atoms with Gasteiger partial charge in [-0.15, -0.1) is 0 Å². The van der Waals surface area contributed by atoms with Crippen LogP contribution in [0.5, 0.6) is 0 Å². The molecular formula is C22H26N4O3. The van der Waals surface area contributed by atoms with Crippen LogP contribution in [0.3, 0.4) is 0 Å². The fourth-order valence-corrected chi connectivity index (χ4v) is 3.46. The van der Waals surface area contributed by atoms with Gasteiger partial charge in [0.2, 0.25) is 5.91 Å². The van der Waals surface area contributed by atoms with Gasteiger partial charge < -0.3 is 4.90 Å². The van der Waals surface area contributed by atoms with Crippen molar-refractivity contribution in [1.82, 2.24) is 10.2 Å². The van der Waals surface area contributed by atoms with Crippen molar-refractivity contribution >= 4 is 40.5 Å². The Hall–Kier alpha value is -3.06. The van der Waals surface area contributed by atoms with Crippen molar-refractivity contribution < 1.29 is 14.4 Å². The predicted octanol–water partition coefficient (Wildman–Crippen LogP) is 2.84. The van der Waals surface area contributed by atoms with E-state index in [1.807, 2.05) is 30.3 Å². The molecule has 1 N–H and O–H groups in total. The van der Waals surface area contributed by atoms with Crippen molar-refractivity contribution in [3.05, 3.63) is 42.5 Å². The molecule has 2 aromatic rings. The third-order valence-electron chi connectivity index (χ3n) is 5.12. The molecule has 7 nitrogen and oxygen atoms in total. The third kappa shape index (κ3) is 4.51. The molecule has 1 heterocycles. The van der Waals surface area contributed by atoms with Crippen molar-refractivity contribution in [1.29, 1.82) is 0 Å². The minimum absolute atomic E-state index is 0.457. The first-order valence-electron chi connectivity index (χ1n) is 9.95. The van der Waals surface area contributed by atoms with Crippen LogP contribution in [0.4, 0.5) is 10.5 Å². The van der Waals surface area contributed by atoms with E-state index in [1.165, 1.54) is 6.21 Å². The number of nitrogens with zero attached hydrogens (tertiary/aromatic N) is 3. The number of anilines is 1. The summed E-state index contributed by atoms with van der Waals surface area (Å²) in [6.07, 6.45) is 2.21. The summed E-state index contributed by atoms with van der Waals surface area (Å²) in [6.45, 7) is 7.61. The topological polar surface area (TPSA) is 82.1 Å². The number of carbonyl (C=O) groups excluding carboxylic acids is 3. The molecule has 1 fully saturated rings. The third-order valence-corrected chi connectivity index (χ3v) is 5.12. The molecule has 0 saturated carbocycles. The molecule has 1 unspecified atom stereocenters. The number of aliphatic imine (C=N–C) groups is 1. The van der Waals surface area contributed by atoms with Crippen molar-refractivity contribution in [3.8, 4) is 0 Å². The van der Waals surface area contributed by atoms with Gasteiger partial charge >= 0.3 is 6.03 Å². The zero-order valence-electron chi connectivity index (χ0n) is 16.8. The van der Waals surface area contributed by atoms with Crippen LogP contribution in [0, 0.1) is 5.92 Å². The average molecular weight is 394 g/mol. The van der Waals surface area contributed by atoms with E-state index in [0.717, 1.165) is 41.7 Å². The summed E-state index contributed by atoms with van der Waals surface area (Å²) in [4.78, 5) is 45.3. The molecule has 1 aliphatic heterocycles. The van der Waals surface area contributed by atoms with Crippen LogP contribution in [0.25, 0.3) is 10.8 Å². The van der Waals surface area contributed by atoms with Gasteiger partial charge in [-0.3, -0.25) is 19.9 Å². The molecule has 152 valence electrons. The maximum Gasteiger partial charge on any atom is 0.335 e. The lowest BCUT2D eigenvalue weighted by molar-refractivity contribution is -0.131. The Labute approximate surface area is 170 Å². The highest BCUT2D eigenvalue weighted by Crippen LogP contribution is 2.29. The Bertz CT molecular complexity index is 931. The monoisotopic (exact) mass is 394 g/mol. The summed E-state index contributed by atoms with van der Waals surface area (Å²) in [5.41, 5.74) is 0.457. The molecule has 2 aromatic carbocycles. The van der Waals surface area contributed by atoms with Gasteiger partial charge in [0.15, 0.2) is 5.92 Å². The summed E-state index contributed by atoms with van der Waals surface area (Å²) < 4.78 is 0. The highest BCUT2D eigenvalue weighted by atomic mass is 16.2. The van der Waals surface area contributed by atoms with E-state index in [9.17, 15) is 14.4 Å². The molecule has 7 heteroatoms.